The van der Waals surface area contributed by atoms with Crippen LogP contribution in [0.15, 0.2) is 24.3 Å². The highest BCUT2D eigenvalue weighted by Crippen LogP contribution is 2.24. The molecule has 0 heterocycles. The highest BCUT2D eigenvalue weighted by atomic mass is 32.2. The number of thioether (sulfide) groups is 1. The largest absolute Gasteiger partial charge is 0.480 e. The van der Waals surface area contributed by atoms with E-state index < -0.39 is 12.0 Å². The summed E-state index contributed by atoms with van der Waals surface area (Å²) >= 11 is 1.42. The topological polar surface area (TPSA) is 57.6 Å². The average Bonchev–Trinajstić information content (AvgIpc) is 2.39. The molecule has 0 aliphatic rings. The first-order valence-electron chi connectivity index (χ1n) is 6.12. The summed E-state index contributed by atoms with van der Waals surface area (Å²) in [5.41, 5.74) is 1.58. The smallest absolute Gasteiger partial charge is 0.327 e. The van der Waals surface area contributed by atoms with Crippen molar-refractivity contribution in [3.63, 3.8) is 0 Å². The molecule has 1 N–H and O–H groups in total. The van der Waals surface area contributed by atoms with Gasteiger partial charge < -0.3 is 5.11 Å². The Morgan fingerprint density at radius 3 is 2.47 bits per heavy atom. The summed E-state index contributed by atoms with van der Waals surface area (Å²) in [6.45, 7) is 3.62. The number of carbonyl (C=O) groups is 2. The minimum absolute atomic E-state index is 0.171. The van der Waals surface area contributed by atoms with E-state index in [4.69, 9.17) is 0 Å². The maximum atomic E-state index is 12.1. The fourth-order valence-corrected chi connectivity index (χ4v) is 2.50. The predicted molar refractivity (Wildman–Crippen MR) is 78.8 cm³/mol. The Labute approximate surface area is 117 Å². The van der Waals surface area contributed by atoms with Gasteiger partial charge in [0.15, 0.2) is 0 Å². The molecule has 0 aliphatic carbocycles. The summed E-state index contributed by atoms with van der Waals surface area (Å²) in [6.07, 6.45) is 2.12. The molecule has 1 aromatic carbocycles. The van der Waals surface area contributed by atoms with Gasteiger partial charge in [0.2, 0.25) is 5.91 Å². The van der Waals surface area contributed by atoms with E-state index >= 15 is 0 Å². The minimum Gasteiger partial charge on any atom is -0.480 e. The lowest BCUT2D eigenvalue weighted by molar-refractivity contribution is -0.139. The fraction of sp³-hybridized carbons (Fsp3) is 0.429. The van der Waals surface area contributed by atoms with Gasteiger partial charge in [-0.2, -0.15) is 11.8 Å². The first-order valence-corrected chi connectivity index (χ1v) is 7.51. The molecular formula is C14H19NO3S. The third-order valence-electron chi connectivity index (χ3n) is 2.87. The zero-order valence-electron chi connectivity index (χ0n) is 11.4. The van der Waals surface area contributed by atoms with Crippen LogP contribution in [0.25, 0.3) is 0 Å². The molecule has 0 aliphatic heterocycles. The summed E-state index contributed by atoms with van der Waals surface area (Å²) in [5.74, 6) is -0.773. The standard InChI is InChI=1S/C14H19NO3S/c1-4-13(16)15(12(9-19-3)14(17)18)11-8-6-5-7-10(11)2/h5-8,12H,4,9H2,1-3H3,(H,17,18)/t12-/m0/s1. The number of aryl methyl sites for hydroxylation is 1. The second-order valence-corrected chi connectivity index (χ2v) is 5.12. The summed E-state index contributed by atoms with van der Waals surface area (Å²) in [5, 5.41) is 9.36. The van der Waals surface area contributed by atoms with Crippen molar-refractivity contribution in [3.8, 4) is 0 Å². The third kappa shape index (κ3) is 3.73. The monoisotopic (exact) mass is 281 g/mol. The van der Waals surface area contributed by atoms with Gasteiger partial charge in [0, 0.05) is 17.9 Å². The predicted octanol–water partition coefficient (Wildman–Crippen LogP) is 2.55. The van der Waals surface area contributed by atoms with Gasteiger partial charge in [0.1, 0.15) is 6.04 Å². The van der Waals surface area contributed by atoms with Gasteiger partial charge in [-0.05, 0) is 24.8 Å². The quantitative estimate of drug-likeness (QED) is 0.870. The third-order valence-corrected chi connectivity index (χ3v) is 3.52. The van der Waals surface area contributed by atoms with E-state index in [1.165, 1.54) is 16.7 Å². The number of hydrogen-bond acceptors (Lipinski definition) is 3. The normalized spacial score (nSPS) is 11.9. The van der Waals surface area contributed by atoms with Crippen LogP contribution in [0, 0.1) is 6.92 Å². The molecule has 5 heteroatoms. The van der Waals surface area contributed by atoms with E-state index in [-0.39, 0.29) is 12.3 Å². The average molecular weight is 281 g/mol. The van der Waals surface area contributed by atoms with Crippen LogP contribution in [0.1, 0.15) is 18.9 Å². The van der Waals surface area contributed by atoms with Crippen LogP contribution in [0.5, 0.6) is 0 Å². The molecule has 1 aromatic rings. The number of nitrogens with zero attached hydrogens (tertiary/aromatic N) is 1. The Balaban J connectivity index is 3.24. The zero-order valence-corrected chi connectivity index (χ0v) is 12.2. The number of amides is 1. The molecule has 19 heavy (non-hydrogen) atoms. The number of aliphatic carboxylic acids is 1. The molecule has 104 valence electrons. The minimum atomic E-state index is -0.973. The molecule has 0 saturated heterocycles. The lowest BCUT2D eigenvalue weighted by Gasteiger charge is -2.29. The zero-order chi connectivity index (χ0) is 14.4. The summed E-state index contributed by atoms with van der Waals surface area (Å²) < 4.78 is 0. The highest BCUT2D eigenvalue weighted by molar-refractivity contribution is 7.98. The second kappa shape index (κ2) is 7.19. The van der Waals surface area contributed by atoms with Crippen LogP contribution in [0.2, 0.25) is 0 Å². The van der Waals surface area contributed by atoms with Crippen molar-refractivity contribution in [3.05, 3.63) is 29.8 Å². The van der Waals surface area contributed by atoms with Gasteiger partial charge in [-0.3, -0.25) is 9.69 Å². The van der Waals surface area contributed by atoms with Gasteiger partial charge in [0.05, 0.1) is 0 Å². The van der Waals surface area contributed by atoms with Gasteiger partial charge in [-0.1, -0.05) is 25.1 Å². The summed E-state index contributed by atoms with van der Waals surface area (Å²) in [4.78, 5) is 25.0. The first kappa shape index (κ1) is 15.6. The molecule has 0 radical (unpaired) electrons. The first-order chi connectivity index (χ1) is 9.02. The Hall–Kier alpha value is -1.49. The van der Waals surface area contributed by atoms with Crippen molar-refractivity contribution >= 4 is 29.3 Å². The van der Waals surface area contributed by atoms with Crippen LogP contribution in [0.4, 0.5) is 5.69 Å². The number of para-hydroxylation sites is 1. The number of carboxylic acid groups (broad SMARTS) is 1. The second-order valence-electron chi connectivity index (χ2n) is 4.21. The molecule has 1 rings (SSSR count). The van der Waals surface area contributed by atoms with Crippen molar-refractivity contribution in [1.82, 2.24) is 0 Å². The number of carbonyl (C=O) groups excluding carboxylic acids is 1. The number of hydrogen-bond donors (Lipinski definition) is 1. The van der Waals surface area contributed by atoms with Crippen molar-refractivity contribution in [2.75, 3.05) is 16.9 Å². The Bertz CT molecular complexity index is 462. The SMILES string of the molecule is CCC(=O)N(c1ccccc1C)[C@@H](CSC)C(=O)O. The van der Waals surface area contributed by atoms with Crippen LogP contribution in [-0.4, -0.2) is 35.0 Å². The summed E-state index contributed by atoms with van der Waals surface area (Å²) in [6, 6.07) is 6.53. The Morgan fingerprint density at radius 1 is 1.37 bits per heavy atom. The molecule has 0 saturated carbocycles. The van der Waals surface area contributed by atoms with Gasteiger partial charge in [-0.25, -0.2) is 4.79 Å². The number of benzene rings is 1. The van der Waals surface area contributed by atoms with Crippen LogP contribution in [-0.2, 0) is 9.59 Å². The maximum Gasteiger partial charge on any atom is 0.327 e. The lowest BCUT2D eigenvalue weighted by Crippen LogP contribution is -2.47. The van der Waals surface area contributed by atoms with Crippen LogP contribution >= 0.6 is 11.8 Å². The number of rotatable bonds is 6. The van der Waals surface area contributed by atoms with Crippen molar-refractivity contribution < 1.29 is 14.7 Å². The van der Waals surface area contributed by atoms with Crippen molar-refractivity contribution in [1.29, 1.82) is 0 Å². The molecule has 1 amide bonds. The van der Waals surface area contributed by atoms with Crippen molar-refractivity contribution in [2.24, 2.45) is 0 Å². The van der Waals surface area contributed by atoms with E-state index in [1.807, 2.05) is 31.4 Å². The summed E-state index contributed by atoms with van der Waals surface area (Å²) in [7, 11) is 0. The molecule has 0 bridgehead atoms. The van der Waals surface area contributed by atoms with E-state index in [0.717, 1.165) is 5.56 Å². The number of carboxylic acids is 1. The molecule has 4 nitrogen and oxygen atoms in total. The maximum absolute atomic E-state index is 12.1. The van der Waals surface area contributed by atoms with E-state index in [1.54, 1.807) is 13.0 Å². The molecule has 1 atom stereocenters. The Kier molecular flexibility index (Phi) is 5.89. The van der Waals surface area contributed by atoms with E-state index in [9.17, 15) is 14.7 Å². The van der Waals surface area contributed by atoms with Gasteiger partial charge >= 0.3 is 5.97 Å². The number of anilines is 1. The van der Waals surface area contributed by atoms with Gasteiger partial charge in [-0.15, -0.1) is 0 Å². The fourth-order valence-electron chi connectivity index (χ4n) is 1.89. The molecular weight excluding hydrogens is 262 g/mol. The lowest BCUT2D eigenvalue weighted by atomic mass is 10.1. The van der Waals surface area contributed by atoms with Crippen LogP contribution < -0.4 is 4.90 Å². The molecule has 0 fully saturated rings. The highest BCUT2D eigenvalue weighted by Gasteiger charge is 2.30. The molecule has 0 spiro atoms. The Morgan fingerprint density at radius 2 is 2.00 bits per heavy atom. The van der Waals surface area contributed by atoms with Crippen molar-refractivity contribution in [2.45, 2.75) is 26.3 Å². The van der Waals surface area contributed by atoms with Gasteiger partial charge in [0.25, 0.3) is 0 Å². The van der Waals surface area contributed by atoms with E-state index in [0.29, 0.717) is 11.4 Å². The van der Waals surface area contributed by atoms with Crippen LogP contribution in [0.3, 0.4) is 0 Å². The molecule has 0 unspecified atom stereocenters. The molecule has 0 aromatic heterocycles. The van der Waals surface area contributed by atoms with E-state index in [2.05, 4.69) is 0 Å².